The molecule has 16 heavy (non-hydrogen) atoms. The van der Waals surface area contributed by atoms with Gasteiger partial charge in [-0.15, -0.1) is 0 Å². The van der Waals surface area contributed by atoms with Crippen molar-refractivity contribution in [1.29, 1.82) is 5.26 Å². The van der Waals surface area contributed by atoms with Gasteiger partial charge >= 0.3 is 0 Å². The third-order valence-corrected chi connectivity index (χ3v) is 2.42. The third kappa shape index (κ3) is 3.68. The second-order valence-electron chi connectivity index (χ2n) is 2.83. The first kappa shape index (κ1) is 12.2. The molecule has 0 heterocycles. The summed E-state index contributed by atoms with van der Waals surface area (Å²) in [6.07, 6.45) is 1.65. The summed E-state index contributed by atoms with van der Waals surface area (Å²) >= 11 is -1.97. The van der Waals surface area contributed by atoms with E-state index in [2.05, 4.69) is 10.3 Å². The van der Waals surface area contributed by atoms with Crippen LogP contribution in [0.25, 0.3) is 0 Å². The summed E-state index contributed by atoms with van der Waals surface area (Å²) in [7, 11) is 0. The van der Waals surface area contributed by atoms with Crippen LogP contribution in [0.4, 0.5) is 0 Å². The molecule has 4 N–H and O–H groups in total. The van der Waals surface area contributed by atoms with Crippen LogP contribution in [0, 0.1) is 11.5 Å². The average Bonchev–Trinajstić information content (AvgIpc) is 2.27. The van der Waals surface area contributed by atoms with Crippen molar-refractivity contribution in [3.63, 3.8) is 0 Å². The van der Waals surface area contributed by atoms with Crippen molar-refractivity contribution < 1.29 is 8.76 Å². The Kier molecular flexibility index (Phi) is 4.44. The molecule has 0 fully saturated rings. The van der Waals surface area contributed by atoms with E-state index < -0.39 is 11.1 Å². The van der Waals surface area contributed by atoms with E-state index in [1.54, 1.807) is 18.3 Å². The quantitative estimate of drug-likeness (QED) is 0.228. The van der Waals surface area contributed by atoms with Gasteiger partial charge in [-0.2, -0.15) is 5.26 Å². The molecule has 0 saturated heterocycles. The number of nitriles is 1. The van der Waals surface area contributed by atoms with E-state index in [9.17, 15) is 4.21 Å². The van der Waals surface area contributed by atoms with Gasteiger partial charge in [0.2, 0.25) is 5.96 Å². The van der Waals surface area contributed by atoms with Gasteiger partial charge in [-0.3, -0.25) is 5.32 Å². The van der Waals surface area contributed by atoms with Crippen LogP contribution in [0.5, 0.6) is 0 Å². The molecule has 7 heteroatoms. The fraction of sp³-hybridized carbons (Fsp3) is 0.111. The Labute approximate surface area is 95.1 Å². The lowest BCUT2D eigenvalue weighted by molar-refractivity contribution is 0.564. The van der Waals surface area contributed by atoms with Crippen molar-refractivity contribution in [2.75, 3.05) is 0 Å². The first-order valence-electron chi connectivity index (χ1n) is 4.28. The Balaban J connectivity index is 2.66. The minimum Gasteiger partial charge on any atom is -0.369 e. The summed E-state index contributed by atoms with van der Waals surface area (Å²) in [6, 6.07) is 6.42. The number of hydrogen-bond donors (Lipinski definition) is 3. The molecule has 0 saturated carbocycles. The number of benzene rings is 1. The number of guanidine groups is 1. The van der Waals surface area contributed by atoms with Gasteiger partial charge in [0.25, 0.3) is 0 Å². The summed E-state index contributed by atoms with van der Waals surface area (Å²) in [4.78, 5) is 4.21. The van der Waals surface area contributed by atoms with Crippen LogP contribution in [-0.2, 0) is 17.6 Å². The fourth-order valence-corrected chi connectivity index (χ4v) is 1.35. The van der Waals surface area contributed by atoms with Crippen LogP contribution >= 0.6 is 0 Å². The van der Waals surface area contributed by atoms with Crippen LogP contribution in [0.3, 0.4) is 0 Å². The Morgan fingerprint density at radius 2 is 2.19 bits per heavy atom. The number of nitrogens with zero attached hydrogens (tertiary/aromatic N) is 2. The van der Waals surface area contributed by atoms with Crippen LogP contribution < -0.4 is 11.1 Å². The molecule has 0 aliphatic rings. The molecule has 6 nitrogen and oxygen atoms in total. The van der Waals surface area contributed by atoms with E-state index in [1.807, 2.05) is 0 Å². The lowest BCUT2D eigenvalue weighted by Gasteiger charge is -1.99. The molecule has 1 unspecified atom stereocenters. The summed E-state index contributed by atoms with van der Waals surface area (Å²) in [5, 5.41) is 10.4. The Morgan fingerprint density at radius 3 is 2.69 bits per heavy atom. The van der Waals surface area contributed by atoms with Crippen molar-refractivity contribution in [1.82, 2.24) is 5.32 Å². The first-order chi connectivity index (χ1) is 7.63. The van der Waals surface area contributed by atoms with Crippen molar-refractivity contribution >= 4 is 17.0 Å². The highest BCUT2D eigenvalue weighted by atomic mass is 32.2. The standard InChI is InChI=1S/C9H10N4O2S/c10-6-13-9(11)12-5-7-1-3-8(4-2-7)16(14)15/h1-4H,5H2,(H,14,15)(H3,11,12,13). The predicted molar refractivity (Wildman–Crippen MR) is 59.6 cm³/mol. The van der Waals surface area contributed by atoms with Crippen LogP contribution in [0.2, 0.25) is 0 Å². The second kappa shape index (κ2) is 5.85. The zero-order valence-corrected chi connectivity index (χ0v) is 9.07. The van der Waals surface area contributed by atoms with Gasteiger partial charge in [0.05, 0.1) is 11.4 Å². The first-order valence-corrected chi connectivity index (χ1v) is 5.39. The molecular weight excluding hydrogens is 228 g/mol. The monoisotopic (exact) mass is 238 g/mol. The minimum atomic E-state index is -1.97. The molecule has 0 amide bonds. The van der Waals surface area contributed by atoms with Gasteiger partial charge in [0.1, 0.15) is 0 Å². The molecule has 0 spiro atoms. The fourth-order valence-electron chi connectivity index (χ4n) is 0.985. The van der Waals surface area contributed by atoms with Crippen molar-refractivity contribution in [2.45, 2.75) is 11.4 Å². The predicted octanol–water partition coefficient (Wildman–Crippen LogP) is 0.153. The largest absolute Gasteiger partial charge is 0.369 e. The lowest BCUT2D eigenvalue weighted by Crippen LogP contribution is -2.27. The highest BCUT2D eigenvalue weighted by Crippen LogP contribution is 2.08. The number of aliphatic imine (C=N–C) groups is 1. The normalized spacial score (nSPS) is 12.9. The molecule has 1 rings (SSSR count). The second-order valence-corrected chi connectivity index (χ2v) is 3.80. The molecular formula is C9H10N4O2S. The zero-order valence-electron chi connectivity index (χ0n) is 8.25. The van der Waals surface area contributed by atoms with Crippen LogP contribution in [0.1, 0.15) is 5.56 Å². The molecule has 1 aromatic carbocycles. The van der Waals surface area contributed by atoms with Crippen molar-refractivity contribution in [3.05, 3.63) is 29.8 Å². The molecule has 0 aromatic heterocycles. The third-order valence-electron chi connectivity index (χ3n) is 1.74. The number of rotatable bonds is 3. The number of nitrogens with two attached hydrogens (primary N) is 1. The maximum atomic E-state index is 10.7. The van der Waals surface area contributed by atoms with E-state index in [1.165, 1.54) is 12.1 Å². The summed E-state index contributed by atoms with van der Waals surface area (Å²) in [5.74, 6) is 0.0392. The van der Waals surface area contributed by atoms with Gasteiger partial charge in [-0.25, -0.2) is 9.20 Å². The van der Waals surface area contributed by atoms with E-state index in [4.69, 9.17) is 15.5 Å². The minimum absolute atomic E-state index is 0.0392. The Hall–Kier alpha value is -1.91. The molecule has 0 aliphatic carbocycles. The van der Waals surface area contributed by atoms with Crippen molar-refractivity contribution in [2.24, 2.45) is 10.7 Å². The molecule has 1 atom stereocenters. The van der Waals surface area contributed by atoms with Crippen LogP contribution in [-0.4, -0.2) is 14.7 Å². The van der Waals surface area contributed by atoms with E-state index in [0.717, 1.165) is 5.56 Å². The van der Waals surface area contributed by atoms with Gasteiger partial charge in [0.15, 0.2) is 17.3 Å². The highest BCUT2D eigenvalue weighted by molar-refractivity contribution is 7.79. The molecule has 1 aromatic rings. The molecule has 0 radical (unpaired) electrons. The average molecular weight is 238 g/mol. The van der Waals surface area contributed by atoms with E-state index in [0.29, 0.717) is 11.4 Å². The summed E-state index contributed by atoms with van der Waals surface area (Å²) in [5.41, 5.74) is 6.17. The van der Waals surface area contributed by atoms with E-state index in [-0.39, 0.29) is 5.96 Å². The summed E-state index contributed by atoms with van der Waals surface area (Å²) in [6.45, 7) is 0.304. The Morgan fingerprint density at radius 1 is 1.56 bits per heavy atom. The number of hydrogen-bond acceptors (Lipinski definition) is 3. The molecule has 0 aliphatic heterocycles. The van der Waals surface area contributed by atoms with E-state index >= 15 is 0 Å². The zero-order chi connectivity index (χ0) is 12.0. The number of nitrogens with one attached hydrogen (secondary N) is 1. The lowest BCUT2D eigenvalue weighted by atomic mass is 10.2. The van der Waals surface area contributed by atoms with Gasteiger partial charge < -0.3 is 10.3 Å². The molecule has 0 bridgehead atoms. The van der Waals surface area contributed by atoms with Gasteiger partial charge in [-0.05, 0) is 17.7 Å². The topological polar surface area (TPSA) is 112 Å². The van der Waals surface area contributed by atoms with Crippen LogP contribution in [0.15, 0.2) is 34.2 Å². The Bertz CT molecular complexity index is 450. The SMILES string of the molecule is N#CNC(N)=NCc1ccc(S(=O)O)cc1. The maximum absolute atomic E-state index is 10.7. The van der Waals surface area contributed by atoms with Crippen molar-refractivity contribution in [3.8, 4) is 6.19 Å². The van der Waals surface area contributed by atoms with Gasteiger partial charge in [-0.1, -0.05) is 12.1 Å². The summed E-state index contributed by atoms with van der Waals surface area (Å²) < 4.78 is 19.5. The highest BCUT2D eigenvalue weighted by Gasteiger charge is 1.99. The molecule has 84 valence electrons. The smallest absolute Gasteiger partial charge is 0.202 e. The van der Waals surface area contributed by atoms with Gasteiger partial charge in [0, 0.05) is 0 Å². The maximum Gasteiger partial charge on any atom is 0.202 e.